The van der Waals surface area contributed by atoms with E-state index in [4.69, 9.17) is 4.74 Å². The Kier molecular flexibility index (Phi) is 8.22. The van der Waals surface area contributed by atoms with Gasteiger partial charge in [-0.3, -0.25) is 9.59 Å². The first-order chi connectivity index (χ1) is 10.5. The number of carbonyl (C=O) groups excluding carboxylic acids is 2. The molecule has 2 amide bonds. The predicted octanol–water partition coefficient (Wildman–Crippen LogP) is 2.23. The molecule has 2 N–H and O–H groups in total. The molecule has 0 aliphatic rings. The second-order valence-electron chi connectivity index (χ2n) is 5.62. The van der Waals surface area contributed by atoms with Crippen molar-refractivity contribution in [1.82, 2.24) is 10.6 Å². The van der Waals surface area contributed by atoms with Gasteiger partial charge in [0.15, 0.2) is 0 Å². The Morgan fingerprint density at radius 1 is 1.09 bits per heavy atom. The van der Waals surface area contributed by atoms with E-state index in [1.807, 2.05) is 0 Å². The summed E-state index contributed by atoms with van der Waals surface area (Å²) in [6, 6.07) is 6.76. The molecule has 0 aromatic heterocycles. The normalized spacial score (nSPS) is 10.5. The van der Waals surface area contributed by atoms with E-state index in [-0.39, 0.29) is 11.8 Å². The van der Waals surface area contributed by atoms with Crippen molar-refractivity contribution >= 4 is 11.8 Å². The van der Waals surface area contributed by atoms with Gasteiger partial charge in [0.05, 0.1) is 0 Å². The van der Waals surface area contributed by atoms with Crippen LogP contribution in [0.4, 0.5) is 0 Å². The van der Waals surface area contributed by atoms with E-state index >= 15 is 0 Å². The van der Waals surface area contributed by atoms with Crippen molar-refractivity contribution in [3.05, 3.63) is 35.4 Å². The van der Waals surface area contributed by atoms with Crippen LogP contribution < -0.4 is 10.6 Å². The third kappa shape index (κ3) is 6.72. The highest BCUT2D eigenvalue weighted by Crippen LogP contribution is 2.06. The van der Waals surface area contributed by atoms with Crippen LogP contribution in [0.15, 0.2) is 24.3 Å². The van der Waals surface area contributed by atoms with Crippen molar-refractivity contribution in [3.8, 4) is 0 Å². The highest BCUT2D eigenvalue weighted by molar-refractivity contribution is 5.99. The minimum Gasteiger partial charge on any atom is -0.385 e. The Balaban J connectivity index is 2.53. The fourth-order valence-corrected chi connectivity index (χ4v) is 1.90. The fourth-order valence-electron chi connectivity index (χ4n) is 1.90. The molecule has 0 unspecified atom stereocenters. The smallest absolute Gasteiger partial charge is 0.251 e. The van der Waals surface area contributed by atoms with Crippen molar-refractivity contribution in [2.45, 2.75) is 26.7 Å². The maximum atomic E-state index is 12.0. The maximum absolute atomic E-state index is 12.0. The lowest BCUT2D eigenvalue weighted by molar-refractivity contribution is 0.0948. The van der Waals surface area contributed by atoms with Gasteiger partial charge in [0.25, 0.3) is 11.8 Å². The summed E-state index contributed by atoms with van der Waals surface area (Å²) in [5.74, 6) is 0.229. The lowest BCUT2D eigenvalue weighted by atomic mass is 10.1. The SMILES string of the molecule is COCCCNC(=O)c1cccc(C(=O)NCCC(C)C)c1. The zero-order valence-electron chi connectivity index (χ0n) is 13.6. The van der Waals surface area contributed by atoms with E-state index in [0.29, 0.717) is 36.7 Å². The first kappa shape index (κ1) is 18.2. The highest BCUT2D eigenvalue weighted by atomic mass is 16.5. The number of hydrogen-bond acceptors (Lipinski definition) is 3. The summed E-state index contributed by atoms with van der Waals surface area (Å²) in [4.78, 5) is 24.0. The molecule has 5 heteroatoms. The van der Waals surface area contributed by atoms with Crippen LogP contribution in [0.2, 0.25) is 0 Å². The summed E-state index contributed by atoms with van der Waals surface area (Å²) in [7, 11) is 1.63. The van der Waals surface area contributed by atoms with Crippen LogP contribution >= 0.6 is 0 Å². The molecule has 0 atom stereocenters. The average molecular weight is 306 g/mol. The van der Waals surface area contributed by atoms with Gasteiger partial charge in [0.1, 0.15) is 0 Å². The van der Waals surface area contributed by atoms with E-state index in [9.17, 15) is 9.59 Å². The molecule has 0 spiro atoms. The van der Waals surface area contributed by atoms with E-state index in [0.717, 1.165) is 12.8 Å². The number of amides is 2. The van der Waals surface area contributed by atoms with Crippen LogP contribution in [0.5, 0.6) is 0 Å². The summed E-state index contributed by atoms with van der Waals surface area (Å²) in [5.41, 5.74) is 1.00. The molecular weight excluding hydrogens is 280 g/mol. The summed E-state index contributed by atoms with van der Waals surface area (Å²) in [5, 5.41) is 5.68. The zero-order valence-corrected chi connectivity index (χ0v) is 13.6. The van der Waals surface area contributed by atoms with Gasteiger partial charge in [-0.05, 0) is 37.0 Å². The van der Waals surface area contributed by atoms with Gasteiger partial charge in [-0.1, -0.05) is 19.9 Å². The largest absolute Gasteiger partial charge is 0.385 e. The number of hydrogen-bond donors (Lipinski definition) is 2. The van der Waals surface area contributed by atoms with Gasteiger partial charge in [-0.15, -0.1) is 0 Å². The molecule has 1 aromatic carbocycles. The van der Waals surface area contributed by atoms with E-state index in [2.05, 4.69) is 24.5 Å². The standard InChI is InChI=1S/C17H26N2O3/c1-13(2)8-10-19-17(21)15-7-4-6-14(12-15)16(20)18-9-5-11-22-3/h4,6-7,12-13H,5,8-11H2,1-3H3,(H,18,20)(H,19,21). The Hall–Kier alpha value is -1.88. The maximum Gasteiger partial charge on any atom is 0.251 e. The molecule has 1 aromatic rings. The minimum absolute atomic E-state index is 0.144. The molecule has 0 bridgehead atoms. The molecule has 0 aliphatic heterocycles. The molecule has 0 saturated heterocycles. The number of benzene rings is 1. The van der Waals surface area contributed by atoms with Gasteiger partial charge < -0.3 is 15.4 Å². The van der Waals surface area contributed by atoms with Crippen LogP contribution in [0, 0.1) is 5.92 Å². The highest BCUT2D eigenvalue weighted by Gasteiger charge is 2.10. The van der Waals surface area contributed by atoms with Crippen molar-refractivity contribution in [3.63, 3.8) is 0 Å². The number of ether oxygens (including phenoxy) is 1. The molecule has 0 heterocycles. The monoisotopic (exact) mass is 306 g/mol. The summed E-state index contributed by atoms with van der Waals surface area (Å²) < 4.78 is 4.93. The number of methoxy groups -OCH3 is 1. The van der Waals surface area contributed by atoms with Gasteiger partial charge in [-0.25, -0.2) is 0 Å². The van der Waals surface area contributed by atoms with Crippen LogP contribution in [0.3, 0.4) is 0 Å². The molecule has 5 nitrogen and oxygen atoms in total. The number of nitrogens with one attached hydrogen (secondary N) is 2. The molecule has 0 fully saturated rings. The summed E-state index contributed by atoms with van der Waals surface area (Å²) >= 11 is 0. The average Bonchev–Trinajstić information content (AvgIpc) is 2.51. The first-order valence-electron chi connectivity index (χ1n) is 7.70. The Labute approximate surface area is 132 Å². The molecule has 0 saturated carbocycles. The molecule has 1 rings (SSSR count). The van der Waals surface area contributed by atoms with Gasteiger partial charge in [-0.2, -0.15) is 0 Å². The summed E-state index contributed by atoms with van der Waals surface area (Å²) in [6.07, 6.45) is 1.70. The summed E-state index contributed by atoms with van der Waals surface area (Å²) in [6.45, 7) is 6.03. The van der Waals surface area contributed by atoms with Crippen LogP contribution in [0.1, 0.15) is 47.4 Å². The third-order valence-corrected chi connectivity index (χ3v) is 3.20. The van der Waals surface area contributed by atoms with Gasteiger partial charge in [0, 0.05) is 37.9 Å². The van der Waals surface area contributed by atoms with Gasteiger partial charge in [0.2, 0.25) is 0 Å². The topological polar surface area (TPSA) is 67.4 Å². The Bertz CT molecular complexity index is 487. The quantitative estimate of drug-likeness (QED) is 0.688. The van der Waals surface area contributed by atoms with Crippen LogP contribution in [-0.2, 0) is 4.74 Å². The van der Waals surface area contributed by atoms with Crippen molar-refractivity contribution in [2.75, 3.05) is 26.8 Å². The zero-order chi connectivity index (χ0) is 16.4. The van der Waals surface area contributed by atoms with E-state index < -0.39 is 0 Å². The van der Waals surface area contributed by atoms with E-state index in [1.165, 1.54) is 0 Å². The molecule has 22 heavy (non-hydrogen) atoms. The third-order valence-electron chi connectivity index (χ3n) is 3.20. The Morgan fingerprint density at radius 3 is 2.23 bits per heavy atom. The van der Waals surface area contributed by atoms with E-state index in [1.54, 1.807) is 31.4 Å². The van der Waals surface area contributed by atoms with Crippen molar-refractivity contribution in [1.29, 1.82) is 0 Å². The van der Waals surface area contributed by atoms with Crippen molar-refractivity contribution < 1.29 is 14.3 Å². The lowest BCUT2D eigenvalue weighted by Crippen LogP contribution is -2.27. The Morgan fingerprint density at radius 2 is 1.68 bits per heavy atom. The minimum atomic E-state index is -0.173. The predicted molar refractivity (Wildman–Crippen MR) is 87.1 cm³/mol. The second kappa shape index (κ2) is 9.95. The first-order valence-corrected chi connectivity index (χ1v) is 7.70. The molecule has 122 valence electrons. The van der Waals surface area contributed by atoms with Crippen LogP contribution in [-0.4, -0.2) is 38.6 Å². The fraction of sp³-hybridized carbons (Fsp3) is 0.529. The van der Waals surface area contributed by atoms with Crippen LogP contribution in [0.25, 0.3) is 0 Å². The second-order valence-corrected chi connectivity index (χ2v) is 5.62. The molecular formula is C17H26N2O3. The molecule has 0 aliphatic carbocycles. The van der Waals surface area contributed by atoms with Gasteiger partial charge >= 0.3 is 0 Å². The lowest BCUT2D eigenvalue weighted by Gasteiger charge is -2.09. The number of rotatable bonds is 9. The molecule has 0 radical (unpaired) electrons. The number of carbonyl (C=O) groups is 2. The van der Waals surface area contributed by atoms with Crippen molar-refractivity contribution in [2.24, 2.45) is 5.92 Å².